The van der Waals surface area contributed by atoms with Gasteiger partial charge in [-0.3, -0.25) is 4.79 Å². The third-order valence-corrected chi connectivity index (χ3v) is 8.72. The zero-order valence-electron chi connectivity index (χ0n) is 19.0. The molecular weight excluding hydrogens is 449 g/mol. The number of amides is 1. The van der Waals surface area contributed by atoms with Crippen molar-refractivity contribution in [1.82, 2.24) is 14.4 Å². The molecule has 0 N–H and O–H groups in total. The summed E-state index contributed by atoms with van der Waals surface area (Å²) in [5.41, 5.74) is 0.359. The summed E-state index contributed by atoms with van der Waals surface area (Å²) in [5.74, 6) is 0.966. The molecule has 0 spiro atoms. The summed E-state index contributed by atoms with van der Waals surface area (Å²) in [5, 5.41) is 3.76. The molecule has 180 valence electrons. The molecule has 2 aliphatic heterocycles. The van der Waals surface area contributed by atoms with E-state index in [0.717, 1.165) is 19.4 Å². The molecule has 1 atom stereocenters. The highest BCUT2D eigenvalue weighted by Gasteiger charge is 2.37. The smallest absolute Gasteiger partial charge is 0.248 e. The van der Waals surface area contributed by atoms with Gasteiger partial charge in [-0.2, -0.15) is 4.31 Å². The van der Waals surface area contributed by atoms with Gasteiger partial charge < -0.3 is 14.2 Å². The lowest BCUT2D eigenvalue weighted by atomic mass is 9.96. The fourth-order valence-electron chi connectivity index (χ4n) is 4.72. The van der Waals surface area contributed by atoms with Crippen LogP contribution in [0, 0.1) is 31.5 Å². The maximum atomic E-state index is 13.0. The van der Waals surface area contributed by atoms with E-state index in [1.807, 2.05) is 4.90 Å². The van der Waals surface area contributed by atoms with Crippen LogP contribution in [0.2, 0.25) is 0 Å². The SMILES string of the molecule is Cc1noc(C)c1S(=O)(=O)N1CCC(C(=O)N2CCC(CCOc3ccc(F)cc3)C2)CC1. The van der Waals surface area contributed by atoms with Crippen molar-refractivity contribution < 1.29 is 26.9 Å². The van der Waals surface area contributed by atoms with Gasteiger partial charge in [0.1, 0.15) is 22.2 Å². The topological polar surface area (TPSA) is 93.0 Å². The number of piperidine rings is 1. The minimum absolute atomic E-state index is 0.117. The van der Waals surface area contributed by atoms with Gasteiger partial charge in [0.15, 0.2) is 5.76 Å². The van der Waals surface area contributed by atoms with E-state index >= 15 is 0 Å². The predicted octanol–water partition coefficient (Wildman–Crippen LogP) is 3.15. The zero-order chi connectivity index (χ0) is 23.6. The van der Waals surface area contributed by atoms with Gasteiger partial charge in [-0.1, -0.05) is 5.16 Å². The summed E-state index contributed by atoms with van der Waals surface area (Å²) < 4.78 is 51.1. The van der Waals surface area contributed by atoms with E-state index in [-0.39, 0.29) is 28.3 Å². The van der Waals surface area contributed by atoms with Crippen molar-refractivity contribution in [3.63, 3.8) is 0 Å². The predicted molar refractivity (Wildman–Crippen MR) is 119 cm³/mol. The van der Waals surface area contributed by atoms with E-state index in [9.17, 15) is 17.6 Å². The Morgan fingerprint density at radius 2 is 1.85 bits per heavy atom. The number of benzene rings is 1. The molecule has 8 nitrogen and oxygen atoms in total. The highest BCUT2D eigenvalue weighted by Crippen LogP contribution is 2.30. The van der Waals surface area contributed by atoms with Crippen LogP contribution in [0.1, 0.15) is 37.1 Å². The number of likely N-dealkylation sites (tertiary alicyclic amines) is 1. The normalized spacial score (nSPS) is 20.3. The van der Waals surface area contributed by atoms with Gasteiger partial charge in [0.2, 0.25) is 15.9 Å². The molecular formula is C23H30FN3O5S. The van der Waals surface area contributed by atoms with Crippen LogP contribution in [0.3, 0.4) is 0 Å². The summed E-state index contributed by atoms with van der Waals surface area (Å²) in [6.07, 6.45) is 2.78. The number of nitrogens with zero attached hydrogens (tertiary/aromatic N) is 3. The summed E-state index contributed by atoms with van der Waals surface area (Å²) in [6.45, 7) is 5.78. The molecule has 2 fully saturated rings. The molecule has 1 unspecified atom stereocenters. The molecule has 4 rings (SSSR count). The summed E-state index contributed by atoms with van der Waals surface area (Å²) in [7, 11) is -3.68. The fourth-order valence-corrected chi connectivity index (χ4v) is 6.48. The number of carbonyl (C=O) groups is 1. The van der Waals surface area contributed by atoms with Gasteiger partial charge in [0.25, 0.3) is 0 Å². The van der Waals surface area contributed by atoms with Crippen molar-refractivity contribution in [3.8, 4) is 5.75 Å². The first kappa shape index (κ1) is 23.7. The zero-order valence-corrected chi connectivity index (χ0v) is 19.8. The van der Waals surface area contributed by atoms with E-state index in [1.54, 1.807) is 26.0 Å². The highest BCUT2D eigenvalue weighted by atomic mass is 32.2. The van der Waals surface area contributed by atoms with E-state index in [0.29, 0.717) is 56.4 Å². The molecule has 0 radical (unpaired) electrons. The second-order valence-corrected chi connectivity index (χ2v) is 10.7. The number of aromatic nitrogens is 1. The lowest BCUT2D eigenvalue weighted by molar-refractivity contribution is -0.135. The molecule has 0 aliphatic carbocycles. The molecule has 1 aromatic carbocycles. The van der Waals surface area contributed by atoms with Crippen molar-refractivity contribution in [2.24, 2.45) is 11.8 Å². The van der Waals surface area contributed by atoms with Crippen LogP contribution in [0.25, 0.3) is 0 Å². The number of aryl methyl sites for hydroxylation is 2. The summed E-state index contributed by atoms with van der Waals surface area (Å²) in [6, 6.07) is 5.96. The summed E-state index contributed by atoms with van der Waals surface area (Å²) in [4.78, 5) is 15.1. The van der Waals surface area contributed by atoms with Gasteiger partial charge in [-0.15, -0.1) is 0 Å². The van der Waals surface area contributed by atoms with Crippen LogP contribution >= 0.6 is 0 Å². The molecule has 10 heteroatoms. The van der Waals surface area contributed by atoms with Crippen LogP contribution in [0.4, 0.5) is 4.39 Å². The van der Waals surface area contributed by atoms with Crippen molar-refractivity contribution in [1.29, 1.82) is 0 Å². The fraction of sp³-hybridized carbons (Fsp3) is 0.565. The van der Waals surface area contributed by atoms with Crippen LogP contribution in [-0.2, 0) is 14.8 Å². The molecule has 2 saturated heterocycles. The Bertz CT molecular complexity index is 1060. The third kappa shape index (κ3) is 5.22. The van der Waals surface area contributed by atoms with Gasteiger partial charge in [0.05, 0.1) is 6.61 Å². The Labute approximate surface area is 193 Å². The average Bonchev–Trinajstić information content (AvgIpc) is 3.41. The number of hydrogen-bond donors (Lipinski definition) is 0. The second kappa shape index (κ2) is 9.80. The lowest BCUT2D eigenvalue weighted by Crippen LogP contribution is -2.44. The first-order valence-corrected chi connectivity index (χ1v) is 12.8. The van der Waals surface area contributed by atoms with Crippen molar-refractivity contribution in [2.45, 2.75) is 44.4 Å². The molecule has 2 aromatic rings. The van der Waals surface area contributed by atoms with Gasteiger partial charge >= 0.3 is 0 Å². The van der Waals surface area contributed by atoms with Gasteiger partial charge in [0, 0.05) is 32.1 Å². The summed E-state index contributed by atoms with van der Waals surface area (Å²) >= 11 is 0. The first-order valence-electron chi connectivity index (χ1n) is 11.4. The number of rotatable bonds is 7. The maximum Gasteiger partial charge on any atom is 0.248 e. The minimum Gasteiger partial charge on any atom is -0.494 e. The molecule has 0 bridgehead atoms. The van der Waals surface area contributed by atoms with E-state index in [2.05, 4.69) is 5.16 Å². The van der Waals surface area contributed by atoms with Crippen LogP contribution < -0.4 is 4.74 Å². The number of hydrogen-bond acceptors (Lipinski definition) is 6. The Morgan fingerprint density at radius 1 is 1.15 bits per heavy atom. The number of carbonyl (C=O) groups excluding carboxylic acids is 1. The molecule has 1 aromatic heterocycles. The Hall–Kier alpha value is -2.46. The molecule has 33 heavy (non-hydrogen) atoms. The van der Waals surface area contributed by atoms with Gasteiger partial charge in [-0.05, 0) is 69.7 Å². The Balaban J connectivity index is 1.24. The quantitative estimate of drug-likeness (QED) is 0.606. The average molecular weight is 480 g/mol. The maximum absolute atomic E-state index is 13.0. The third-order valence-electron chi connectivity index (χ3n) is 6.57. The first-order chi connectivity index (χ1) is 15.8. The monoisotopic (exact) mass is 479 g/mol. The lowest BCUT2D eigenvalue weighted by Gasteiger charge is -2.32. The molecule has 2 aliphatic rings. The highest BCUT2D eigenvalue weighted by molar-refractivity contribution is 7.89. The van der Waals surface area contributed by atoms with Crippen LogP contribution in [0.15, 0.2) is 33.7 Å². The standard InChI is InChI=1S/C23H30FN3O5S/c1-16-22(17(2)32-25-16)33(29,30)27-12-8-19(9-13-27)23(28)26-11-7-18(15-26)10-14-31-21-5-3-20(24)4-6-21/h3-6,18-19H,7-15H2,1-2H3. The molecule has 1 amide bonds. The number of ether oxygens (including phenoxy) is 1. The Morgan fingerprint density at radius 3 is 2.48 bits per heavy atom. The van der Waals surface area contributed by atoms with Crippen LogP contribution in [-0.4, -0.2) is 61.5 Å². The van der Waals surface area contributed by atoms with E-state index in [4.69, 9.17) is 9.26 Å². The largest absolute Gasteiger partial charge is 0.494 e. The van der Waals surface area contributed by atoms with Gasteiger partial charge in [-0.25, -0.2) is 12.8 Å². The number of sulfonamides is 1. The van der Waals surface area contributed by atoms with E-state index < -0.39 is 10.0 Å². The van der Waals surface area contributed by atoms with E-state index in [1.165, 1.54) is 16.4 Å². The number of halogens is 1. The van der Waals surface area contributed by atoms with Crippen molar-refractivity contribution in [2.75, 3.05) is 32.8 Å². The van der Waals surface area contributed by atoms with Crippen molar-refractivity contribution >= 4 is 15.9 Å². The second-order valence-electron chi connectivity index (χ2n) is 8.86. The molecule has 3 heterocycles. The molecule has 0 saturated carbocycles. The van der Waals surface area contributed by atoms with Crippen LogP contribution in [0.5, 0.6) is 5.75 Å². The Kier molecular flexibility index (Phi) is 7.04. The van der Waals surface area contributed by atoms with Crippen molar-refractivity contribution in [3.05, 3.63) is 41.5 Å². The minimum atomic E-state index is -3.68.